The van der Waals surface area contributed by atoms with Gasteiger partial charge in [-0.05, 0) is 24.5 Å². The first-order valence-corrected chi connectivity index (χ1v) is 11.2. The molecular weight excluding hydrogens is 304 g/mol. The minimum Gasteiger partial charge on any atom is -0.465 e. The van der Waals surface area contributed by atoms with Gasteiger partial charge in [0, 0.05) is 12.2 Å². The fraction of sp³-hybridized carbons (Fsp3) is 0.950. The van der Waals surface area contributed by atoms with Gasteiger partial charge in [-0.25, -0.2) is 0 Å². The summed E-state index contributed by atoms with van der Waals surface area (Å²) < 4.78 is 5.26. The fourth-order valence-corrected chi connectivity index (χ4v) is 3.62. The van der Waals surface area contributed by atoms with Crippen molar-refractivity contribution in [2.45, 2.75) is 96.8 Å². The molecule has 1 saturated carbocycles. The molecule has 3 heteroatoms. The molecule has 0 aromatic heterocycles. The minimum atomic E-state index is 0.0106. The molecular formula is C20H38O2S. The van der Waals surface area contributed by atoms with Crippen molar-refractivity contribution >= 4 is 17.7 Å². The van der Waals surface area contributed by atoms with Gasteiger partial charge >= 0.3 is 5.97 Å². The van der Waals surface area contributed by atoms with Gasteiger partial charge in [0.05, 0.1) is 0 Å². The van der Waals surface area contributed by atoms with Gasteiger partial charge in [0.15, 0.2) is 0 Å². The molecule has 0 atom stereocenters. The molecule has 0 amide bonds. The molecule has 0 aromatic carbocycles. The number of ether oxygens (including phenoxy) is 1. The van der Waals surface area contributed by atoms with Crippen LogP contribution in [-0.2, 0) is 9.53 Å². The van der Waals surface area contributed by atoms with Crippen LogP contribution in [0.5, 0.6) is 0 Å². The standard InChI is InChI=1S/C20H38O2S/c1-2-3-4-5-6-7-8-9-10-11-17-23-18-16-22-20(21)15-14-19-12-13-19/h19H,2-18H2,1H3. The van der Waals surface area contributed by atoms with Gasteiger partial charge in [-0.15, -0.1) is 0 Å². The van der Waals surface area contributed by atoms with E-state index in [4.69, 9.17) is 4.74 Å². The largest absolute Gasteiger partial charge is 0.465 e. The van der Waals surface area contributed by atoms with Gasteiger partial charge in [-0.1, -0.05) is 77.6 Å². The van der Waals surface area contributed by atoms with Crippen molar-refractivity contribution in [3.63, 3.8) is 0 Å². The van der Waals surface area contributed by atoms with Crippen LogP contribution < -0.4 is 0 Å². The van der Waals surface area contributed by atoms with Gasteiger partial charge in [0.1, 0.15) is 6.61 Å². The Morgan fingerprint density at radius 2 is 1.52 bits per heavy atom. The van der Waals surface area contributed by atoms with Crippen molar-refractivity contribution in [2.24, 2.45) is 5.92 Å². The van der Waals surface area contributed by atoms with Crippen LogP contribution in [-0.4, -0.2) is 24.1 Å². The van der Waals surface area contributed by atoms with Crippen LogP contribution >= 0.6 is 11.8 Å². The van der Waals surface area contributed by atoms with E-state index in [9.17, 15) is 4.79 Å². The highest BCUT2D eigenvalue weighted by atomic mass is 32.2. The molecule has 0 aliphatic heterocycles. The summed E-state index contributed by atoms with van der Waals surface area (Å²) in [6, 6.07) is 0. The Bertz CT molecular complexity index is 277. The summed E-state index contributed by atoms with van der Waals surface area (Å²) in [5.74, 6) is 3.02. The summed E-state index contributed by atoms with van der Waals surface area (Å²) in [7, 11) is 0. The van der Waals surface area contributed by atoms with Crippen molar-refractivity contribution < 1.29 is 9.53 Å². The van der Waals surface area contributed by atoms with E-state index in [1.807, 2.05) is 11.8 Å². The minimum absolute atomic E-state index is 0.0106. The highest BCUT2D eigenvalue weighted by Crippen LogP contribution is 2.33. The van der Waals surface area contributed by atoms with E-state index in [-0.39, 0.29) is 5.97 Å². The zero-order chi connectivity index (χ0) is 16.6. The Balaban J connectivity index is 1.67. The SMILES string of the molecule is CCCCCCCCCCCCSCCOC(=O)CCC1CC1. The second kappa shape index (κ2) is 15.4. The second-order valence-corrected chi connectivity index (χ2v) is 8.22. The van der Waals surface area contributed by atoms with E-state index in [2.05, 4.69) is 6.92 Å². The average Bonchev–Trinajstić information content (AvgIpc) is 3.37. The zero-order valence-electron chi connectivity index (χ0n) is 15.3. The summed E-state index contributed by atoms with van der Waals surface area (Å²) in [5.41, 5.74) is 0. The highest BCUT2D eigenvalue weighted by Gasteiger charge is 2.22. The Labute approximate surface area is 148 Å². The van der Waals surface area contributed by atoms with E-state index in [1.54, 1.807) is 0 Å². The Morgan fingerprint density at radius 1 is 0.913 bits per heavy atom. The maximum Gasteiger partial charge on any atom is 0.305 e. The van der Waals surface area contributed by atoms with Crippen LogP contribution in [0, 0.1) is 5.92 Å². The van der Waals surface area contributed by atoms with Crippen LogP contribution in [0.3, 0.4) is 0 Å². The summed E-state index contributed by atoms with van der Waals surface area (Å²) in [6.45, 7) is 2.88. The molecule has 1 aliphatic rings. The average molecular weight is 343 g/mol. The molecule has 0 N–H and O–H groups in total. The fourth-order valence-electron chi connectivity index (χ4n) is 2.81. The molecule has 0 heterocycles. The van der Waals surface area contributed by atoms with Crippen LogP contribution in [0.4, 0.5) is 0 Å². The summed E-state index contributed by atoms with van der Waals surface area (Å²) in [6.07, 6.45) is 18.3. The lowest BCUT2D eigenvalue weighted by Crippen LogP contribution is -2.07. The van der Waals surface area contributed by atoms with E-state index in [0.717, 1.165) is 18.1 Å². The number of hydrogen-bond acceptors (Lipinski definition) is 3. The molecule has 0 aromatic rings. The van der Waals surface area contributed by atoms with E-state index in [0.29, 0.717) is 13.0 Å². The lowest BCUT2D eigenvalue weighted by atomic mass is 10.1. The summed E-state index contributed by atoms with van der Waals surface area (Å²) in [5, 5.41) is 0. The van der Waals surface area contributed by atoms with Crippen molar-refractivity contribution in [1.82, 2.24) is 0 Å². The first kappa shape index (κ1) is 20.9. The number of carbonyl (C=O) groups excluding carboxylic acids is 1. The predicted molar refractivity (Wildman–Crippen MR) is 102 cm³/mol. The summed E-state index contributed by atoms with van der Waals surface area (Å²) >= 11 is 1.93. The molecule has 1 aliphatic carbocycles. The van der Waals surface area contributed by atoms with Crippen LogP contribution in [0.15, 0.2) is 0 Å². The Kier molecular flexibility index (Phi) is 13.9. The van der Waals surface area contributed by atoms with Gasteiger partial charge in [-0.3, -0.25) is 4.79 Å². The van der Waals surface area contributed by atoms with Gasteiger partial charge in [0.2, 0.25) is 0 Å². The third-order valence-electron chi connectivity index (χ3n) is 4.59. The van der Waals surface area contributed by atoms with Gasteiger partial charge < -0.3 is 4.74 Å². The number of unbranched alkanes of at least 4 members (excludes halogenated alkanes) is 9. The topological polar surface area (TPSA) is 26.3 Å². The number of carbonyl (C=O) groups is 1. The van der Waals surface area contributed by atoms with Gasteiger partial charge in [-0.2, -0.15) is 11.8 Å². The number of rotatable bonds is 17. The molecule has 0 unspecified atom stereocenters. The molecule has 136 valence electrons. The lowest BCUT2D eigenvalue weighted by Gasteiger charge is -2.05. The van der Waals surface area contributed by atoms with Crippen molar-refractivity contribution in [1.29, 1.82) is 0 Å². The van der Waals surface area contributed by atoms with Crippen molar-refractivity contribution in [3.8, 4) is 0 Å². The van der Waals surface area contributed by atoms with E-state index in [1.165, 1.54) is 82.8 Å². The van der Waals surface area contributed by atoms with E-state index < -0.39 is 0 Å². The highest BCUT2D eigenvalue weighted by molar-refractivity contribution is 7.99. The molecule has 23 heavy (non-hydrogen) atoms. The molecule has 2 nitrogen and oxygen atoms in total. The Hall–Kier alpha value is -0.180. The first-order chi connectivity index (χ1) is 11.3. The Morgan fingerprint density at radius 3 is 2.13 bits per heavy atom. The molecule has 1 fully saturated rings. The van der Waals surface area contributed by atoms with E-state index >= 15 is 0 Å². The van der Waals surface area contributed by atoms with Crippen LogP contribution in [0.25, 0.3) is 0 Å². The third kappa shape index (κ3) is 15.1. The van der Waals surface area contributed by atoms with Crippen molar-refractivity contribution in [2.75, 3.05) is 18.1 Å². The maximum atomic E-state index is 11.5. The van der Waals surface area contributed by atoms with Gasteiger partial charge in [0.25, 0.3) is 0 Å². The molecule has 0 bridgehead atoms. The summed E-state index contributed by atoms with van der Waals surface area (Å²) in [4.78, 5) is 11.5. The van der Waals surface area contributed by atoms with Crippen LogP contribution in [0.2, 0.25) is 0 Å². The third-order valence-corrected chi connectivity index (χ3v) is 5.62. The number of thioether (sulfide) groups is 1. The molecule has 0 spiro atoms. The van der Waals surface area contributed by atoms with Crippen LogP contribution in [0.1, 0.15) is 96.8 Å². The first-order valence-electron chi connectivity index (χ1n) is 10.1. The molecule has 1 rings (SSSR count). The second-order valence-electron chi connectivity index (χ2n) is 7.00. The monoisotopic (exact) mass is 342 g/mol. The maximum absolute atomic E-state index is 11.5. The number of hydrogen-bond donors (Lipinski definition) is 0. The predicted octanol–water partition coefficient (Wildman–Crippen LogP) is 6.37. The van der Waals surface area contributed by atoms with Crippen molar-refractivity contribution in [3.05, 3.63) is 0 Å². The lowest BCUT2D eigenvalue weighted by molar-refractivity contribution is -0.143. The zero-order valence-corrected chi connectivity index (χ0v) is 16.1. The molecule has 0 saturated heterocycles. The quantitative estimate of drug-likeness (QED) is 0.227. The number of esters is 1. The normalized spacial score (nSPS) is 14.1. The smallest absolute Gasteiger partial charge is 0.305 e. The molecule has 0 radical (unpaired) electrons.